The van der Waals surface area contributed by atoms with Crippen molar-refractivity contribution in [2.45, 2.75) is 38.6 Å². The Kier molecular flexibility index (Phi) is 5.89. The first-order valence-corrected chi connectivity index (χ1v) is 10.6. The van der Waals surface area contributed by atoms with Crippen LogP contribution in [0.25, 0.3) is 0 Å². The highest BCUT2D eigenvalue weighted by Crippen LogP contribution is 2.47. The monoisotopic (exact) mass is 417 g/mol. The molecule has 1 aromatic heterocycles. The number of nitrogens with one attached hydrogen (secondary N) is 1. The van der Waals surface area contributed by atoms with Gasteiger partial charge in [-0.2, -0.15) is 5.10 Å². The smallest absolute Gasteiger partial charge is 0.342 e. The summed E-state index contributed by atoms with van der Waals surface area (Å²) in [4.78, 5) is 24.9. The Morgan fingerprint density at radius 1 is 1.03 bits per heavy atom. The van der Waals surface area contributed by atoms with Crippen LogP contribution in [-0.4, -0.2) is 34.8 Å². The van der Waals surface area contributed by atoms with Crippen LogP contribution in [0.5, 0.6) is 0 Å². The van der Waals surface area contributed by atoms with E-state index in [-0.39, 0.29) is 17.9 Å². The molecule has 1 N–H and O–H groups in total. The van der Waals surface area contributed by atoms with E-state index in [1.54, 1.807) is 11.6 Å². The molecule has 0 atom stereocenters. The summed E-state index contributed by atoms with van der Waals surface area (Å²) in [5.41, 5.74) is 4.11. The van der Waals surface area contributed by atoms with Gasteiger partial charge in [-0.15, -0.1) is 0 Å². The van der Waals surface area contributed by atoms with Gasteiger partial charge in [0.1, 0.15) is 5.56 Å². The second-order valence-corrected chi connectivity index (χ2v) is 8.19. The van der Waals surface area contributed by atoms with E-state index in [1.807, 2.05) is 55.5 Å². The number of hydrogen-bond donors (Lipinski definition) is 1. The number of aromatic nitrogens is 2. The molecule has 1 fully saturated rings. The minimum absolute atomic E-state index is 0.0205. The molecule has 160 valence electrons. The zero-order chi connectivity index (χ0) is 21.8. The first-order valence-electron chi connectivity index (χ1n) is 10.6. The van der Waals surface area contributed by atoms with Gasteiger partial charge in [0, 0.05) is 12.0 Å². The zero-order valence-electron chi connectivity index (χ0n) is 17.9. The summed E-state index contributed by atoms with van der Waals surface area (Å²) in [5, 5.41) is 7.40. The molecule has 2 aromatic carbocycles. The fourth-order valence-corrected chi connectivity index (χ4v) is 3.93. The summed E-state index contributed by atoms with van der Waals surface area (Å²) >= 11 is 0. The quantitative estimate of drug-likeness (QED) is 0.569. The van der Waals surface area contributed by atoms with E-state index in [0.29, 0.717) is 24.3 Å². The van der Waals surface area contributed by atoms with Crippen LogP contribution in [-0.2, 0) is 21.5 Å². The molecular formula is C25H27N3O3. The molecule has 1 heterocycles. The lowest BCUT2D eigenvalue weighted by atomic mass is 9.96. The minimum atomic E-state index is -0.520. The molecule has 0 radical (unpaired) electrons. The lowest BCUT2D eigenvalue weighted by Gasteiger charge is -2.16. The van der Waals surface area contributed by atoms with Crippen LogP contribution in [0.3, 0.4) is 0 Å². The Labute approximate surface area is 182 Å². The van der Waals surface area contributed by atoms with Crippen molar-refractivity contribution in [2.24, 2.45) is 0 Å². The van der Waals surface area contributed by atoms with Gasteiger partial charge in [-0.05, 0) is 37.8 Å². The fourth-order valence-electron chi connectivity index (χ4n) is 3.93. The molecule has 1 aliphatic rings. The molecular weight excluding hydrogens is 390 g/mol. The van der Waals surface area contributed by atoms with Crippen molar-refractivity contribution in [2.75, 3.05) is 13.2 Å². The van der Waals surface area contributed by atoms with Crippen LogP contribution in [0.15, 0.2) is 60.7 Å². The molecule has 0 bridgehead atoms. The second-order valence-electron chi connectivity index (χ2n) is 8.19. The fraction of sp³-hybridized carbons (Fsp3) is 0.320. The van der Waals surface area contributed by atoms with E-state index in [1.165, 1.54) is 5.56 Å². The van der Waals surface area contributed by atoms with Gasteiger partial charge >= 0.3 is 5.97 Å². The predicted molar refractivity (Wildman–Crippen MR) is 118 cm³/mol. The second kappa shape index (κ2) is 8.76. The molecule has 0 saturated heterocycles. The molecule has 1 aliphatic carbocycles. The Hall–Kier alpha value is -3.41. The molecule has 0 spiro atoms. The van der Waals surface area contributed by atoms with E-state index >= 15 is 0 Å². The van der Waals surface area contributed by atoms with Crippen LogP contribution >= 0.6 is 0 Å². The third-order valence-corrected chi connectivity index (χ3v) is 5.96. The maximum Gasteiger partial charge on any atom is 0.342 e. The van der Waals surface area contributed by atoms with Gasteiger partial charge < -0.3 is 10.1 Å². The van der Waals surface area contributed by atoms with Gasteiger partial charge in [0.25, 0.3) is 5.91 Å². The SMILES string of the molecule is Cc1nn(Cc2ccccc2)c(C)c1C(=O)OCC(=O)NCC1(c2ccccc2)CC1. The number of benzene rings is 2. The maximum absolute atomic E-state index is 12.6. The zero-order valence-corrected chi connectivity index (χ0v) is 17.9. The molecule has 0 aliphatic heterocycles. The third-order valence-electron chi connectivity index (χ3n) is 5.96. The van der Waals surface area contributed by atoms with Crippen molar-refractivity contribution in [3.63, 3.8) is 0 Å². The summed E-state index contributed by atoms with van der Waals surface area (Å²) in [6, 6.07) is 20.1. The standard InChI is InChI=1S/C25H27N3O3/c1-18-23(19(2)28(27-18)15-20-9-5-3-6-10-20)24(30)31-16-22(29)26-17-25(13-14-25)21-11-7-4-8-12-21/h3-12H,13-17H2,1-2H3,(H,26,29). The first kappa shape index (κ1) is 20.8. The van der Waals surface area contributed by atoms with E-state index in [0.717, 1.165) is 24.1 Å². The molecule has 6 nitrogen and oxygen atoms in total. The van der Waals surface area contributed by atoms with E-state index in [9.17, 15) is 9.59 Å². The Morgan fingerprint density at radius 2 is 1.68 bits per heavy atom. The number of ether oxygens (including phenoxy) is 1. The van der Waals surface area contributed by atoms with E-state index < -0.39 is 5.97 Å². The molecule has 31 heavy (non-hydrogen) atoms. The maximum atomic E-state index is 12.6. The van der Waals surface area contributed by atoms with Crippen molar-refractivity contribution < 1.29 is 14.3 Å². The van der Waals surface area contributed by atoms with Gasteiger partial charge in [-0.25, -0.2) is 4.79 Å². The molecule has 0 unspecified atom stereocenters. The number of amides is 1. The highest BCUT2D eigenvalue weighted by molar-refractivity contribution is 5.93. The van der Waals surface area contributed by atoms with Crippen LogP contribution in [0.4, 0.5) is 0 Å². The van der Waals surface area contributed by atoms with Crippen molar-refractivity contribution >= 4 is 11.9 Å². The Balaban J connectivity index is 1.32. The summed E-state index contributed by atoms with van der Waals surface area (Å²) in [7, 11) is 0. The van der Waals surface area contributed by atoms with Crippen LogP contribution < -0.4 is 5.32 Å². The highest BCUT2D eigenvalue weighted by atomic mass is 16.5. The number of carbonyl (C=O) groups excluding carboxylic acids is 2. The Bertz CT molecular complexity index is 1070. The van der Waals surface area contributed by atoms with Gasteiger partial charge in [-0.3, -0.25) is 9.48 Å². The van der Waals surface area contributed by atoms with Crippen molar-refractivity contribution in [3.05, 3.63) is 88.7 Å². The van der Waals surface area contributed by atoms with Gasteiger partial charge in [0.2, 0.25) is 0 Å². The van der Waals surface area contributed by atoms with Crippen molar-refractivity contribution in [1.29, 1.82) is 0 Å². The number of aryl methyl sites for hydroxylation is 1. The van der Waals surface area contributed by atoms with Crippen LogP contribution in [0.2, 0.25) is 0 Å². The average Bonchev–Trinajstić information content (AvgIpc) is 3.53. The molecule has 1 amide bonds. The third kappa shape index (κ3) is 4.68. The first-order chi connectivity index (χ1) is 15.0. The van der Waals surface area contributed by atoms with E-state index in [4.69, 9.17) is 4.74 Å². The largest absolute Gasteiger partial charge is 0.452 e. The van der Waals surface area contributed by atoms with E-state index in [2.05, 4.69) is 22.5 Å². The summed E-state index contributed by atoms with van der Waals surface area (Å²) in [5.74, 6) is -0.809. The summed E-state index contributed by atoms with van der Waals surface area (Å²) in [6.45, 7) is 4.45. The molecule has 4 rings (SSSR count). The normalized spacial score (nSPS) is 14.1. The molecule has 6 heteroatoms. The van der Waals surface area contributed by atoms with Gasteiger partial charge in [-0.1, -0.05) is 60.7 Å². The lowest BCUT2D eigenvalue weighted by molar-refractivity contribution is -0.124. The van der Waals surface area contributed by atoms with Gasteiger partial charge in [0.15, 0.2) is 6.61 Å². The number of nitrogens with zero attached hydrogens (tertiary/aromatic N) is 2. The summed E-state index contributed by atoms with van der Waals surface area (Å²) in [6.07, 6.45) is 2.10. The van der Waals surface area contributed by atoms with Gasteiger partial charge in [0.05, 0.1) is 17.9 Å². The molecule has 3 aromatic rings. The number of esters is 1. The number of rotatable bonds is 8. The predicted octanol–water partition coefficient (Wildman–Crippen LogP) is 3.55. The highest BCUT2D eigenvalue weighted by Gasteiger charge is 2.44. The minimum Gasteiger partial charge on any atom is -0.452 e. The van der Waals surface area contributed by atoms with Crippen LogP contribution in [0, 0.1) is 13.8 Å². The topological polar surface area (TPSA) is 73.2 Å². The van der Waals surface area contributed by atoms with Crippen molar-refractivity contribution in [1.82, 2.24) is 15.1 Å². The summed E-state index contributed by atoms with van der Waals surface area (Å²) < 4.78 is 7.09. The van der Waals surface area contributed by atoms with Crippen molar-refractivity contribution in [3.8, 4) is 0 Å². The van der Waals surface area contributed by atoms with Crippen LogP contribution in [0.1, 0.15) is 45.7 Å². The number of hydrogen-bond acceptors (Lipinski definition) is 4. The molecule has 1 saturated carbocycles. The number of carbonyl (C=O) groups is 2. The lowest BCUT2D eigenvalue weighted by Crippen LogP contribution is -2.35. The average molecular weight is 418 g/mol. The Morgan fingerprint density at radius 3 is 2.32 bits per heavy atom.